The molecule has 15 heavy (non-hydrogen) atoms. The van der Waals surface area contributed by atoms with Crippen molar-refractivity contribution in [2.45, 2.75) is 26.3 Å². The molecule has 0 amide bonds. The van der Waals surface area contributed by atoms with Crippen LogP contribution < -0.4 is 5.73 Å². The molecule has 80 valence electrons. The normalized spacial score (nSPS) is 13.0. The van der Waals surface area contributed by atoms with E-state index in [1.165, 1.54) is 9.75 Å². The Hall–Kier alpha value is -1.06. The molecule has 0 aliphatic rings. The Morgan fingerprint density at radius 1 is 1.40 bits per heavy atom. The van der Waals surface area contributed by atoms with E-state index in [0.29, 0.717) is 0 Å². The number of hydrogen-bond acceptors (Lipinski definition) is 3. The summed E-state index contributed by atoms with van der Waals surface area (Å²) in [6.45, 7) is 4.17. The van der Waals surface area contributed by atoms with Crippen LogP contribution in [0, 0.1) is 6.92 Å². The van der Waals surface area contributed by atoms with Crippen LogP contribution in [-0.4, -0.2) is 0 Å². The Morgan fingerprint density at radius 3 is 2.73 bits per heavy atom. The van der Waals surface area contributed by atoms with Crippen molar-refractivity contribution in [3.8, 4) is 0 Å². The van der Waals surface area contributed by atoms with Gasteiger partial charge in [-0.3, -0.25) is 0 Å². The third kappa shape index (κ3) is 1.98. The summed E-state index contributed by atoms with van der Waals surface area (Å²) in [6.07, 6.45) is 2.76. The van der Waals surface area contributed by atoms with Crippen molar-refractivity contribution in [3.63, 3.8) is 0 Å². The first-order valence-electron chi connectivity index (χ1n) is 5.10. The maximum absolute atomic E-state index is 6.15. The average Bonchev–Trinajstić information content (AvgIpc) is 2.84. The quantitative estimate of drug-likeness (QED) is 0.864. The molecule has 0 aromatic carbocycles. The minimum absolute atomic E-state index is 0.120. The zero-order valence-corrected chi connectivity index (χ0v) is 9.80. The molecule has 2 nitrogen and oxygen atoms in total. The lowest BCUT2D eigenvalue weighted by atomic mass is 10.1. The fraction of sp³-hybridized carbons (Fsp3) is 0.333. The Morgan fingerprint density at radius 2 is 2.20 bits per heavy atom. The van der Waals surface area contributed by atoms with Gasteiger partial charge in [0, 0.05) is 9.75 Å². The van der Waals surface area contributed by atoms with Crippen LogP contribution in [0.5, 0.6) is 0 Å². The number of hydrogen-bond donors (Lipinski definition) is 1. The highest BCUT2D eigenvalue weighted by atomic mass is 32.1. The number of nitrogens with two attached hydrogens (primary N) is 1. The monoisotopic (exact) mass is 221 g/mol. The van der Waals surface area contributed by atoms with Crippen LogP contribution in [0.15, 0.2) is 28.9 Å². The molecule has 2 N–H and O–H groups in total. The predicted octanol–water partition coefficient (Wildman–Crippen LogP) is 3.26. The number of rotatable bonds is 3. The van der Waals surface area contributed by atoms with E-state index in [9.17, 15) is 0 Å². The van der Waals surface area contributed by atoms with Crippen molar-refractivity contribution >= 4 is 11.3 Å². The van der Waals surface area contributed by atoms with E-state index >= 15 is 0 Å². The Balaban J connectivity index is 2.28. The van der Waals surface area contributed by atoms with Gasteiger partial charge in [0.15, 0.2) is 0 Å². The summed E-state index contributed by atoms with van der Waals surface area (Å²) >= 11 is 1.76. The van der Waals surface area contributed by atoms with Crippen molar-refractivity contribution in [3.05, 3.63) is 45.5 Å². The molecule has 0 saturated carbocycles. The number of aryl methyl sites for hydroxylation is 2. The van der Waals surface area contributed by atoms with Crippen molar-refractivity contribution in [2.24, 2.45) is 5.73 Å². The van der Waals surface area contributed by atoms with Gasteiger partial charge in [-0.05, 0) is 37.1 Å². The summed E-state index contributed by atoms with van der Waals surface area (Å²) in [6, 6.07) is 6.06. The Labute approximate surface area is 93.7 Å². The fourth-order valence-corrected chi connectivity index (χ4v) is 2.54. The number of furan rings is 1. The SMILES string of the molecule is CCc1ccc(C(N)c2occc2C)s1. The van der Waals surface area contributed by atoms with Gasteiger partial charge in [-0.25, -0.2) is 0 Å². The third-order valence-electron chi connectivity index (χ3n) is 2.52. The molecule has 1 unspecified atom stereocenters. The molecule has 2 rings (SSSR count). The molecule has 2 aromatic rings. The molecule has 3 heteroatoms. The molecule has 2 heterocycles. The highest BCUT2D eigenvalue weighted by Gasteiger charge is 2.16. The molecule has 1 atom stereocenters. The molecule has 0 fully saturated rings. The van der Waals surface area contributed by atoms with Crippen molar-refractivity contribution in [1.82, 2.24) is 0 Å². The summed E-state index contributed by atoms with van der Waals surface area (Å²) in [5, 5.41) is 0. The van der Waals surface area contributed by atoms with Crippen LogP contribution in [0.25, 0.3) is 0 Å². The summed E-state index contributed by atoms with van der Waals surface area (Å²) in [5.41, 5.74) is 7.27. The molecule has 0 aliphatic carbocycles. The topological polar surface area (TPSA) is 39.2 Å². The van der Waals surface area contributed by atoms with E-state index in [2.05, 4.69) is 19.1 Å². The second kappa shape index (κ2) is 4.21. The first-order valence-corrected chi connectivity index (χ1v) is 5.92. The average molecular weight is 221 g/mol. The van der Waals surface area contributed by atoms with E-state index in [1.807, 2.05) is 13.0 Å². The molecule has 0 bridgehead atoms. The minimum Gasteiger partial charge on any atom is -0.467 e. The van der Waals surface area contributed by atoms with Crippen molar-refractivity contribution < 1.29 is 4.42 Å². The zero-order chi connectivity index (χ0) is 10.8. The first kappa shape index (κ1) is 10.5. The Bertz CT molecular complexity index is 444. The van der Waals surface area contributed by atoms with Crippen LogP contribution in [0.1, 0.15) is 34.0 Å². The molecule has 0 spiro atoms. The lowest BCUT2D eigenvalue weighted by Crippen LogP contribution is -2.10. The molecule has 0 saturated heterocycles. The van der Waals surface area contributed by atoms with Gasteiger partial charge < -0.3 is 10.2 Å². The fourth-order valence-electron chi connectivity index (χ4n) is 1.58. The van der Waals surface area contributed by atoms with Crippen LogP contribution in [0.4, 0.5) is 0 Å². The van der Waals surface area contributed by atoms with Crippen LogP contribution >= 0.6 is 11.3 Å². The summed E-state index contributed by atoms with van der Waals surface area (Å²) in [4.78, 5) is 2.54. The van der Waals surface area contributed by atoms with Gasteiger partial charge in [0.1, 0.15) is 5.76 Å². The summed E-state index contributed by atoms with van der Waals surface area (Å²) < 4.78 is 5.41. The second-order valence-corrected chi connectivity index (χ2v) is 4.80. The van der Waals surface area contributed by atoms with Crippen LogP contribution in [0.3, 0.4) is 0 Å². The van der Waals surface area contributed by atoms with Crippen LogP contribution in [-0.2, 0) is 6.42 Å². The lowest BCUT2D eigenvalue weighted by molar-refractivity contribution is 0.489. The minimum atomic E-state index is -0.120. The van der Waals surface area contributed by atoms with Gasteiger partial charge in [0.05, 0.1) is 12.3 Å². The largest absolute Gasteiger partial charge is 0.467 e. The van der Waals surface area contributed by atoms with Gasteiger partial charge in [-0.15, -0.1) is 11.3 Å². The van der Waals surface area contributed by atoms with E-state index in [1.54, 1.807) is 17.6 Å². The molecular formula is C12H15NOS. The molecule has 0 radical (unpaired) electrons. The van der Waals surface area contributed by atoms with E-state index in [4.69, 9.17) is 10.2 Å². The van der Waals surface area contributed by atoms with E-state index in [-0.39, 0.29) is 6.04 Å². The molecular weight excluding hydrogens is 206 g/mol. The summed E-state index contributed by atoms with van der Waals surface area (Å²) in [7, 11) is 0. The zero-order valence-electron chi connectivity index (χ0n) is 8.99. The molecule has 0 aliphatic heterocycles. The number of thiophene rings is 1. The summed E-state index contributed by atoms with van der Waals surface area (Å²) in [5.74, 6) is 0.875. The van der Waals surface area contributed by atoms with Crippen molar-refractivity contribution in [2.75, 3.05) is 0 Å². The predicted molar refractivity (Wildman–Crippen MR) is 63.2 cm³/mol. The van der Waals surface area contributed by atoms with Crippen molar-refractivity contribution in [1.29, 1.82) is 0 Å². The van der Waals surface area contributed by atoms with E-state index in [0.717, 1.165) is 17.7 Å². The van der Waals surface area contributed by atoms with Gasteiger partial charge in [-0.2, -0.15) is 0 Å². The highest BCUT2D eigenvalue weighted by Crippen LogP contribution is 2.29. The second-order valence-electron chi connectivity index (χ2n) is 3.60. The highest BCUT2D eigenvalue weighted by molar-refractivity contribution is 7.12. The molecule has 2 aromatic heterocycles. The standard InChI is InChI=1S/C12H15NOS/c1-3-9-4-5-10(15-9)11(13)12-8(2)6-7-14-12/h4-7,11H,3,13H2,1-2H3. The van der Waals surface area contributed by atoms with Crippen LogP contribution in [0.2, 0.25) is 0 Å². The lowest BCUT2D eigenvalue weighted by Gasteiger charge is -2.07. The smallest absolute Gasteiger partial charge is 0.128 e. The van der Waals surface area contributed by atoms with E-state index < -0.39 is 0 Å². The maximum atomic E-state index is 6.15. The van der Waals surface area contributed by atoms with Gasteiger partial charge >= 0.3 is 0 Å². The van der Waals surface area contributed by atoms with Gasteiger partial charge in [0.2, 0.25) is 0 Å². The van der Waals surface area contributed by atoms with Gasteiger partial charge in [-0.1, -0.05) is 6.92 Å². The maximum Gasteiger partial charge on any atom is 0.128 e. The van der Waals surface area contributed by atoms with Gasteiger partial charge in [0.25, 0.3) is 0 Å². The first-order chi connectivity index (χ1) is 7.22. The Kier molecular flexibility index (Phi) is 2.93. The third-order valence-corrected chi connectivity index (χ3v) is 3.83.